The normalized spacial score (nSPS) is 11.9. The van der Waals surface area contributed by atoms with Crippen LogP contribution in [0.5, 0.6) is 0 Å². The fraction of sp³-hybridized carbons (Fsp3) is 0.222. The number of alkyl halides is 6. The molecular formula is C18H12Cl2F6N2O2. The molecule has 0 saturated heterocycles. The molecule has 2 aromatic rings. The number of rotatable bonds is 3. The molecule has 0 spiro atoms. The molecule has 0 atom stereocenters. The molecule has 162 valence electrons. The van der Waals surface area contributed by atoms with Crippen molar-refractivity contribution in [2.45, 2.75) is 26.2 Å². The van der Waals surface area contributed by atoms with Crippen LogP contribution >= 0.6 is 23.2 Å². The monoisotopic (exact) mass is 472 g/mol. The van der Waals surface area contributed by atoms with Crippen LogP contribution in [0.25, 0.3) is 0 Å². The molecule has 0 saturated carbocycles. The number of carbonyl (C=O) groups excluding carboxylic acids is 2. The van der Waals surface area contributed by atoms with E-state index in [1.807, 2.05) is 0 Å². The molecule has 2 rings (SSSR count). The Bertz CT molecular complexity index is 985. The van der Waals surface area contributed by atoms with Gasteiger partial charge in [-0.25, -0.2) is 0 Å². The lowest BCUT2D eigenvalue weighted by molar-refractivity contribution is -0.169. The van der Waals surface area contributed by atoms with E-state index in [0.717, 1.165) is 12.1 Å². The van der Waals surface area contributed by atoms with Gasteiger partial charge in [0, 0.05) is 5.02 Å². The minimum atomic E-state index is -5.41. The number of anilines is 3. The molecule has 0 fully saturated rings. The van der Waals surface area contributed by atoms with Crippen molar-refractivity contribution in [2.75, 3.05) is 10.2 Å². The molecule has 0 aliphatic carbocycles. The average Bonchev–Trinajstić information content (AvgIpc) is 2.58. The number of carbonyl (C=O) groups is 2. The zero-order valence-corrected chi connectivity index (χ0v) is 16.7. The Labute approximate surface area is 176 Å². The van der Waals surface area contributed by atoms with Crippen molar-refractivity contribution in [1.29, 1.82) is 0 Å². The summed E-state index contributed by atoms with van der Waals surface area (Å²) < 4.78 is 78.4. The predicted octanol–water partition coefficient (Wildman–Crippen LogP) is 6.34. The van der Waals surface area contributed by atoms with Crippen molar-refractivity contribution in [3.05, 3.63) is 51.5 Å². The van der Waals surface area contributed by atoms with Gasteiger partial charge in [-0.05, 0) is 37.1 Å². The zero-order chi connectivity index (χ0) is 23.0. The Morgan fingerprint density at radius 2 is 1.47 bits per heavy atom. The van der Waals surface area contributed by atoms with E-state index in [1.165, 1.54) is 37.4 Å². The van der Waals surface area contributed by atoms with Crippen molar-refractivity contribution < 1.29 is 35.9 Å². The molecule has 2 aromatic carbocycles. The summed E-state index contributed by atoms with van der Waals surface area (Å²) in [4.78, 5) is 23.9. The molecule has 12 heteroatoms. The van der Waals surface area contributed by atoms with E-state index in [1.54, 1.807) is 0 Å². The molecule has 0 aromatic heterocycles. The van der Waals surface area contributed by atoms with Gasteiger partial charge >= 0.3 is 24.2 Å². The van der Waals surface area contributed by atoms with E-state index in [0.29, 0.717) is 0 Å². The summed E-state index contributed by atoms with van der Waals surface area (Å²) in [5.41, 5.74) is -1.47. The highest BCUT2D eigenvalue weighted by Crippen LogP contribution is 2.44. The van der Waals surface area contributed by atoms with Gasteiger partial charge in [0.05, 0.1) is 22.1 Å². The highest BCUT2D eigenvalue weighted by molar-refractivity contribution is 6.38. The fourth-order valence-electron chi connectivity index (χ4n) is 2.66. The Balaban J connectivity index is 2.85. The van der Waals surface area contributed by atoms with Crippen LogP contribution in [-0.2, 0) is 9.59 Å². The van der Waals surface area contributed by atoms with Crippen LogP contribution in [0.3, 0.4) is 0 Å². The smallest absolute Gasteiger partial charge is 0.315 e. The van der Waals surface area contributed by atoms with Crippen molar-refractivity contribution >= 4 is 52.1 Å². The highest BCUT2D eigenvalue weighted by atomic mass is 35.5. The molecule has 4 nitrogen and oxygen atoms in total. The number of nitrogens with zero attached hydrogens (tertiary/aromatic N) is 1. The van der Waals surface area contributed by atoms with Gasteiger partial charge in [-0.3, -0.25) is 14.5 Å². The van der Waals surface area contributed by atoms with Gasteiger partial charge in [0.15, 0.2) is 0 Å². The predicted molar refractivity (Wildman–Crippen MR) is 100 cm³/mol. The maximum absolute atomic E-state index is 13.4. The second kappa shape index (κ2) is 8.35. The number of benzene rings is 2. The first-order valence-corrected chi connectivity index (χ1v) is 8.75. The van der Waals surface area contributed by atoms with E-state index >= 15 is 0 Å². The van der Waals surface area contributed by atoms with Gasteiger partial charge in [0.25, 0.3) is 0 Å². The fourth-order valence-corrected chi connectivity index (χ4v) is 3.19. The van der Waals surface area contributed by atoms with Crippen LogP contribution in [0.15, 0.2) is 30.3 Å². The SMILES string of the molecule is Cc1cccc(C)c1N(C(=O)C(F)(F)F)c1cc(Cl)cc(Cl)c1NC(=O)C(F)(F)F. The summed E-state index contributed by atoms with van der Waals surface area (Å²) >= 11 is 11.7. The number of amides is 2. The highest BCUT2D eigenvalue weighted by Gasteiger charge is 2.46. The number of hydrogen-bond donors (Lipinski definition) is 1. The van der Waals surface area contributed by atoms with Gasteiger partial charge < -0.3 is 5.32 Å². The molecule has 0 heterocycles. The summed E-state index contributed by atoms with van der Waals surface area (Å²) in [6.07, 6.45) is -10.8. The van der Waals surface area contributed by atoms with E-state index in [9.17, 15) is 35.9 Å². The summed E-state index contributed by atoms with van der Waals surface area (Å²) in [7, 11) is 0. The molecule has 0 unspecified atom stereocenters. The Morgan fingerprint density at radius 1 is 0.933 bits per heavy atom. The van der Waals surface area contributed by atoms with Gasteiger partial charge in [-0.1, -0.05) is 41.4 Å². The van der Waals surface area contributed by atoms with Gasteiger partial charge in [0.2, 0.25) is 0 Å². The largest absolute Gasteiger partial charge is 0.472 e. The van der Waals surface area contributed by atoms with Crippen molar-refractivity contribution in [2.24, 2.45) is 0 Å². The second-order valence-corrected chi connectivity index (χ2v) is 6.96. The van der Waals surface area contributed by atoms with E-state index in [2.05, 4.69) is 0 Å². The summed E-state index contributed by atoms with van der Waals surface area (Å²) in [5, 5.41) is 0.558. The van der Waals surface area contributed by atoms with Crippen LogP contribution in [-0.4, -0.2) is 24.2 Å². The average molecular weight is 473 g/mol. The molecule has 2 amide bonds. The third-order valence-electron chi connectivity index (χ3n) is 3.88. The van der Waals surface area contributed by atoms with Gasteiger partial charge in [-0.2, -0.15) is 26.3 Å². The molecule has 0 aliphatic heterocycles. The van der Waals surface area contributed by atoms with Crippen LogP contribution in [0.4, 0.5) is 43.4 Å². The third kappa shape index (κ3) is 4.99. The minimum absolute atomic E-state index is 0.133. The molecular weight excluding hydrogens is 461 g/mol. The molecule has 1 N–H and O–H groups in total. The lowest BCUT2D eigenvalue weighted by atomic mass is 10.1. The number of hydrogen-bond acceptors (Lipinski definition) is 2. The van der Waals surface area contributed by atoms with E-state index in [-0.39, 0.29) is 26.7 Å². The summed E-state index contributed by atoms with van der Waals surface area (Å²) in [6.45, 7) is 2.80. The molecule has 0 bridgehead atoms. The zero-order valence-electron chi connectivity index (χ0n) is 15.2. The lowest BCUT2D eigenvalue weighted by Gasteiger charge is -2.29. The Morgan fingerprint density at radius 3 is 1.93 bits per heavy atom. The van der Waals surface area contributed by atoms with Gasteiger partial charge in [-0.15, -0.1) is 0 Å². The van der Waals surface area contributed by atoms with Crippen molar-refractivity contribution in [3.63, 3.8) is 0 Å². The molecule has 0 radical (unpaired) electrons. The van der Waals surface area contributed by atoms with Crippen molar-refractivity contribution in [3.8, 4) is 0 Å². The van der Waals surface area contributed by atoms with Crippen LogP contribution in [0, 0.1) is 13.8 Å². The van der Waals surface area contributed by atoms with Crippen LogP contribution in [0.2, 0.25) is 10.0 Å². The van der Waals surface area contributed by atoms with E-state index < -0.39 is 40.6 Å². The minimum Gasteiger partial charge on any atom is -0.315 e. The first-order valence-electron chi connectivity index (χ1n) is 7.99. The maximum atomic E-state index is 13.4. The topological polar surface area (TPSA) is 49.4 Å². The van der Waals surface area contributed by atoms with Crippen molar-refractivity contribution in [1.82, 2.24) is 0 Å². The maximum Gasteiger partial charge on any atom is 0.472 e. The summed E-state index contributed by atoms with van der Waals surface area (Å²) in [6, 6.07) is 6.04. The van der Waals surface area contributed by atoms with E-state index in [4.69, 9.17) is 23.2 Å². The Hall–Kier alpha value is -2.46. The number of para-hydroxylation sites is 1. The standard InChI is InChI=1S/C18H12Cl2F6N2O2/c1-8-4-3-5-9(2)14(8)28(16(30)18(24,25)26)12-7-10(19)6-11(20)13(12)27-15(29)17(21,22)23/h3-7H,1-2H3,(H,27,29). The number of halogens is 8. The second-order valence-electron chi connectivity index (χ2n) is 6.11. The Kier molecular flexibility index (Phi) is 6.63. The number of nitrogens with one attached hydrogen (secondary N) is 1. The first-order chi connectivity index (χ1) is 13.6. The molecule has 30 heavy (non-hydrogen) atoms. The van der Waals surface area contributed by atoms with Crippen LogP contribution in [0.1, 0.15) is 11.1 Å². The number of aryl methyl sites for hydroxylation is 2. The first kappa shape index (κ1) is 23.8. The van der Waals surface area contributed by atoms with Gasteiger partial charge in [0.1, 0.15) is 0 Å². The van der Waals surface area contributed by atoms with Crippen LogP contribution < -0.4 is 10.2 Å². The molecule has 0 aliphatic rings. The third-order valence-corrected chi connectivity index (χ3v) is 4.40. The lowest BCUT2D eigenvalue weighted by Crippen LogP contribution is -2.39. The summed E-state index contributed by atoms with van der Waals surface area (Å²) in [5.74, 6) is -4.91. The quantitative estimate of drug-likeness (QED) is 0.530.